The van der Waals surface area contributed by atoms with Crippen LogP contribution in [0.15, 0.2) is 0 Å². The summed E-state index contributed by atoms with van der Waals surface area (Å²) in [5.41, 5.74) is 0. The van der Waals surface area contributed by atoms with Gasteiger partial charge in [0, 0.05) is 25.7 Å². The zero-order valence-electron chi connectivity index (χ0n) is 9.43. The van der Waals surface area contributed by atoms with Crippen molar-refractivity contribution in [3.8, 4) is 0 Å². The Morgan fingerprint density at radius 2 is 2.06 bits per heavy atom. The molecule has 0 spiro atoms. The molecule has 0 aliphatic carbocycles. The van der Waals surface area contributed by atoms with Crippen LogP contribution in [-0.2, 0) is 14.8 Å². The number of sulfonamides is 1. The number of piperidine rings is 1. The van der Waals surface area contributed by atoms with Crippen molar-refractivity contribution >= 4 is 16.4 Å². The molecule has 6 nitrogen and oxygen atoms in total. The fourth-order valence-corrected chi connectivity index (χ4v) is 2.26. The summed E-state index contributed by atoms with van der Waals surface area (Å²) in [6.07, 6.45) is 2.43. The molecule has 1 aliphatic rings. The second kappa shape index (κ2) is 5.60. The Balaban J connectivity index is 2.35. The summed E-state index contributed by atoms with van der Waals surface area (Å²) in [5, 5.41) is 7.26. The van der Waals surface area contributed by atoms with Crippen molar-refractivity contribution in [2.24, 2.45) is 5.14 Å². The van der Waals surface area contributed by atoms with Gasteiger partial charge >= 0.3 is 0 Å². The van der Waals surface area contributed by atoms with Crippen LogP contribution in [0.1, 0.15) is 19.8 Å². The van der Waals surface area contributed by atoms with Gasteiger partial charge in [-0.2, -0.15) is 0 Å². The number of hydrogen-bond acceptors (Lipinski definition) is 4. The van der Waals surface area contributed by atoms with E-state index in [1.807, 2.05) is 0 Å². The molecular formula is C9H19N3O3S. The molecule has 1 fully saturated rings. The lowest BCUT2D eigenvalue weighted by Crippen LogP contribution is -2.46. The first-order chi connectivity index (χ1) is 7.43. The number of carbonyl (C=O) groups is 1. The molecule has 1 aliphatic heterocycles. The second-order valence-corrected chi connectivity index (χ2v) is 6.24. The van der Waals surface area contributed by atoms with Gasteiger partial charge in [0.25, 0.3) is 0 Å². The SMILES string of the molecule is CC(CN1CCC(NC=O)CC1)S(N)(=O)=O. The van der Waals surface area contributed by atoms with Crippen LogP contribution >= 0.6 is 0 Å². The Hall–Kier alpha value is -0.660. The van der Waals surface area contributed by atoms with E-state index in [4.69, 9.17) is 5.14 Å². The minimum Gasteiger partial charge on any atom is -0.356 e. The fourth-order valence-electron chi connectivity index (χ4n) is 1.85. The summed E-state index contributed by atoms with van der Waals surface area (Å²) in [6, 6.07) is 0.221. The Kier molecular flexibility index (Phi) is 4.69. The molecular weight excluding hydrogens is 230 g/mol. The van der Waals surface area contributed by atoms with Crippen LogP contribution in [0.2, 0.25) is 0 Å². The van der Waals surface area contributed by atoms with E-state index in [0.29, 0.717) is 13.0 Å². The topological polar surface area (TPSA) is 92.5 Å². The van der Waals surface area contributed by atoms with Gasteiger partial charge in [-0.1, -0.05) is 0 Å². The lowest BCUT2D eigenvalue weighted by atomic mass is 10.1. The third kappa shape index (κ3) is 4.07. The van der Waals surface area contributed by atoms with Gasteiger partial charge < -0.3 is 10.2 Å². The third-order valence-electron chi connectivity index (χ3n) is 2.97. The molecule has 1 rings (SSSR count). The first kappa shape index (κ1) is 13.4. The summed E-state index contributed by atoms with van der Waals surface area (Å²) < 4.78 is 22.1. The smallest absolute Gasteiger partial charge is 0.212 e. The molecule has 1 heterocycles. The van der Waals surface area contributed by atoms with Crippen molar-refractivity contribution in [3.05, 3.63) is 0 Å². The van der Waals surface area contributed by atoms with E-state index in [0.717, 1.165) is 25.9 Å². The lowest BCUT2D eigenvalue weighted by molar-refractivity contribution is -0.110. The lowest BCUT2D eigenvalue weighted by Gasteiger charge is -2.32. The van der Waals surface area contributed by atoms with Gasteiger partial charge in [-0.15, -0.1) is 0 Å². The van der Waals surface area contributed by atoms with Crippen molar-refractivity contribution in [3.63, 3.8) is 0 Å². The van der Waals surface area contributed by atoms with E-state index in [2.05, 4.69) is 10.2 Å². The van der Waals surface area contributed by atoms with Crippen LogP contribution in [0.25, 0.3) is 0 Å². The second-order valence-electron chi connectivity index (χ2n) is 4.26. The molecule has 0 radical (unpaired) electrons. The van der Waals surface area contributed by atoms with Gasteiger partial charge in [0.15, 0.2) is 0 Å². The van der Waals surface area contributed by atoms with Crippen LogP contribution in [-0.4, -0.2) is 50.7 Å². The minimum atomic E-state index is -3.44. The number of nitrogens with zero attached hydrogens (tertiary/aromatic N) is 1. The number of nitrogens with two attached hydrogens (primary N) is 1. The molecule has 0 aromatic heterocycles. The predicted octanol–water partition coefficient (Wildman–Crippen LogP) is -1.13. The monoisotopic (exact) mass is 249 g/mol. The highest BCUT2D eigenvalue weighted by Crippen LogP contribution is 2.11. The molecule has 1 amide bonds. The Labute approximate surface area is 96.2 Å². The number of hydrogen-bond donors (Lipinski definition) is 2. The Bertz CT molecular complexity index is 323. The number of likely N-dealkylation sites (tertiary alicyclic amines) is 1. The maximum atomic E-state index is 11.1. The Morgan fingerprint density at radius 3 is 2.50 bits per heavy atom. The van der Waals surface area contributed by atoms with Crippen molar-refractivity contribution in [2.45, 2.75) is 31.1 Å². The highest BCUT2D eigenvalue weighted by atomic mass is 32.2. The van der Waals surface area contributed by atoms with E-state index in [1.165, 1.54) is 0 Å². The molecule has 0 aromatic carbocycles. The zero-order chi connectivity index (χ0) is 12.2. The quantitative estimate of drug-likeness (QED) is 0.603. The largest absolute Gasteiger partial charge is 0.356 e. The van der Waals surface area contributed by atoms with Gasteiger partial charge in [-0.05, 0) is 19.8 Å². The van der Waals surface area contributed by atoms with E-state index < -0.39 is 15.3 Å². The summed E-state index contributed by atoms with van der Waals surface area (Å²) in [6.45, 7) is 3.68. The van der Waals surface area contributed by atoms with Crippen molar-refractivity contribution in [1.29, 1.82) is 0 Å². The molecule has 0 bridgehead atoms. The van der Waals surface area contributed by atoms with E-state index >= 15 is 0 Å². The molecule has 1 atom stereocenters. The normalized spacial score (nSPS) is 21.6. The summed E-state index contributed by atoms with van der Waals surface area (Å²) in [4.78, 5) is 12.3. The molecule has 3 N–H and O–H groups in total. The fraction of sp³-hybridized carbons (Fsp3) is 0.889. The van der Waals surface area contributed by atoms with Gasteiger partial charge in [0.1, 0.15) is 0 Å². The molecule has 0 aromatic rings. The molecule has 0 saturated carbocycles. The molecule has 1 unspecified atom stereocenters. The van der Waals surface area contributed by atoms with Crippen LogP contribution in [0.4, 0.5) is 0 Å². The minimum absolute atomic E-state index is 0.221. The standard InChI is InChI=1S/C9H19N3O3S/c1-8(16(10,14)15)6-12-4-2-9(3-5-12)11-7-13/h7-9H,2-6H2,1H3,(H,11,13)(H2,10,14,15). The molecule has 7 heteroatoms. The van der Waals surface area contributed by atoms with Crippen LogP contribution in [0, 0.1) is 0 Å². The van der Waals surface area contributed by atoms with E-state index in [9.17, 15) is 13.2 Å². The van der Waals surface area contributed by atoms with E-state index in [-0.39, 0.29) is 6.04 Å². The number of amides is 1. The highest BCUT2D eigenvalue weighted by molar-refractivity contribution is 7.89. The number of primary sulfonamides is 1. The zero-order valence-corrected chi connectivity index (χ0v) is 10.2. The summed E-state index contributed by atoms with van der Waals surface area (Å²) >= 11 is 0. The van der Waals surface area contributed by atoms with Crippen LogP contribution in [0.5, 0.6) is 0 Å². The Morgan fingerprint density at radius 1 is 1.50 bits per heavy atom. The average Bonchev–Trinajstić information content (AvgIpc) is 2.20. The number of nitrogens with one attached hydrogen (secondary N) is 1. The van der Waals surface area contributed by atoms with Crippen molar-refractivity contribution in [2.75, 3.05) is 19.6 Å². The van der Waals surface area contributed by atoms with Gasteiger partial charge in [-0.3, -0.25) is 4.79 Å². The molecule has 94 valence electrons. The van der Waals surface area contributed by atoms with Gasteiger partial charge in [0.05, 0.1) is 5.25 Å². The number of carbonyl (C=O) groups excluding carboxylic acids is 1. The van der Waals surface area contributed by atoms with Crippen molar-refractivity contribution < 1.29 is 13.2 Å². The van der Waals surface area contributed by atoms with Gasteiger partial charge in [0.2, 0.25) is 16.4 Å². The molecule has 1 saturated heterocycles. The first-order valence-corrected chi connectivity index (χ1v) is 6.98. The maximum Gasteiger partial charge on any atom is 0.212 e. The van der Waals surface area contributed by atoms with Crippen LogP contribution in [0.3, 0.4) is 0 Å². The summed E-state index contributed by atoms with van der Waals surface area (Å²) in [7, 11) is -3.44. The first-order valence-electron chi connectivity index (χ1n) is 5.37. The molecule has 16 heavy (non-hydrogen) atoms. The average molecular weight is 249 g/mol. The van der Waals surface area contributed by atoms with Gasteiger partial charge in [-0.25, -0.2) is 13.6 Å². The number of rotatable bonds is 5. The van der Waals surface area contributed by atoms with Crippen molar-refractivity contribution in [1.82, 2.24) is 10.2 Å². The van der Waals surface area contributed by atoms with E-state index in [1.54, 1.807) is 6.92 Å². The highest BCUT2D eigenvalue weighted by Gasteiger charge is 2.23. The third-order valence-corrected chi connectivity index (χ3v) is 4.24. The van der Waals surface area contributed by atoms with Crippen LogP contribution < -0.4 is 10.5 Å². The summed E-state index contributed by atoms with van der Waals surface area (Å²) in [5.74, 6) is 0. The predicted molar refractivity (Wildman–Crippen MR) is 61.2 cm³/mol. The maximum absolute atomic E-state index is 11.1.